The summed E-state index contributed by atoms with van der Waals surface area (Å²) >= 11 is 0. The standard InChI is InChI=1S/C20H24FN3O/c1-22(16-8-4-3-5-9-16)14-15-23(2)19-12-13-24(20(19)25)18-11-7-6-10-17(18)21/h3-11,19H,12-15H2,1-2H3. The maximum absolute atomic E-state index is 14.0. The van der Waals surface area contributed by atoms with E-state index in [9.17, 15) is 9.18 Å². The van der Waals surface area contributed by atoms with Crippen molar-refractivity contribution >= 4 is 17.3 Å². The van der Waals surface area contributed by atoms with Gasteiger partial charge >= 0.3 is 0 Å². The largest absolute Gasteiger partial charge is 0.373 e. The van der Waals surface area contributed by atoms with Crippen molar-refractivity contribution in [1.82, 2.24) is 4.90 Å². The van der Waals surface area contributed by atoms with E-state index in [-0.39, 0.29) is 17.8 Å². The third-order valence-electron chi connectivity index (χ3n) is 4.84. The van der Waals surface area contributed by atoms with Crippen molar-refractivity contribution in [1.29, 1.82) is 0 Å². The van der Waals surface area contributed by atoms with Crippen LogP contribution in [0, 0.1) is 5.82 Å². The number of para-hydroxylation sites is 2. The van der Waals surface area contributed by atoms with Gasteiger partial charge in [-0.2, -0.15) is 0 Å². The Kier molecular flexibility index (Phi) is 5.34. The van der Waals surface area contributed by atoms with Gasteiger partial charge in [-0.05, 0) is 37.7 Å². The van der Waals surface area contributed by atoms with Crippen LogP contribution in [0.4, 0.5) is 15.8 Å². The van der Waals surface area contributed by atoms with E-state index in [0.717, 1.165) is 25.2 Å². The van der Waals surface area contributed by atoms with E-state index in [1.54, 1.807) is 23.1 Å². The smallest absolute Gasteiger partial charge is 0.244 e. The zero-order valence-electron chi connectivity index (χ0n) is 14.7. The number of nitrogens with zero attached hydrogens (tertiary/aromatic N) is 3. The Balaban J connectivity index is 1.59. The highest BCUT2D eigenvalue weighted by Gasteiger charge is 2.36. The van der Waals surface area contributed by atoms with Gasteiger partial charge in [-0.25, -0.2) is 4.39 Å². The topological polar surface area (TPSA) is 26.8 Å². The molecule has 5 heteroatoms. The van der Waals surface area contributed by atoms with Gasteiger partial charge < -0.3 is 9.80 Å². The Morgan fingerprint density at radius 3 is 2.44 bits per heavy atom. The number of benzene rings is 2. The van der Waals surface area contributed by atoms with E-state index in [4.69, 9.17) is 0 Å². The van der Waals surface area contributed by atoms with Gasteiger partial charge in [0.05, 0.1) is 11.7 Å². The summed E-state index contributed by atoms with van der Waals surface area (Å²) in [7, 11) is 4.01. The molecule has 3 rings (SSSR count). The molecule has 0 spiro atoms. The van der Waals surface area contributed by atoms with Crippen LogP contribution in [0.5, 0.6) is 0 Å². The molecule has 0 saturated carbocycles. The zero-order valence-corrected chi connectivity index (χ0v) is 14.7. The van der Waals surface area contributed by atoms with Crippen LogP contribution in [0.25, 0.3) is 0 Å². The lowest BCUT2D eigenvalue weighted by Crippen LogP contribution is -2.42. The maximum Gasteiger partial charge on any atom is 0.244 e. The second kappa shape index (κ2) is 7.66. The number of hydrogen-bond acceptors (Lipinski definition) is 3. The van der Waals surface area contributed by atoms with Gasteiger partial charge in [0.15, 0.2) is 0 Å². The Morgan fingerprint density at radius 2 is 1.72 bits per heavy atom. The first-order valence-electron chi connectivity index (χ1n) is 8.60. The summed E-state index contributed by atoms with van der Waals surface area (Å²) in [6.45, 7) is 2.15. The van der Waals surface area contributed by atoms with E-state index in [1.165, 1.54) is 6.07 Å². The second-order valence-electron chi connectivity index (χ2n) is 6.48. The van der Waals surface area contributed by atoms with E-state index in [2.05, 4.69) is 21.9 Å². The molecule has 1 aliphatic rings. The minimum atomic E-state index is -0.344. The molecule has 1 fully saturated rings. The molecular formula is C20H24FN3O. The quantitative estimate of drug-likeness (QED) is 0.808. The normalized spacial score (nSPS) is 17.4. The van der Waals surface area contributed by atoms with Crippen LogP contribution < -0.4 is 9.80 Å². The summed E-state index contributed by atoms with van der Waals surface area (Å²) in [6, 6.07) is 16.4. The van der Waals surface area contributed by atoms with Gasteiger partial charge in [0.1, 0.15) is 5.82 Å². The highest BCUT2D eigenvalue weighted by Crippen LogP contribution is 2.26. The molecule has 4 nitrogen and oxygen atoms in total. The molecule has 1 atom stereocenters. The fourth-order valence-corrected chi connectivity index (χ4v) is 3.26. The number of likely N-dealkylation sites (N-methyl/N-ethyl adjacent to an activating group) is 2. The van der Waals surface area contributed by atoms with Crippen molar-refractivity contribution in [3.05, 3.63) is 60.4 Å². The van der Waals surface area contributed by atoms with Gasteiger partial charge in [0.2, 0.25) is 5.91 Å². The van der Waals surface area contributed by atoms with Crippen molar-refractivity contribution in [3.8, 4) is 0 Å². The summed E-state index contributed by atoms with van der Waals surface area (Å²) < 4.78 is 14.0. The van der Waals surface area contributed by atoms with Crippen LogP contribution in [-0.2, 0) is 4.79 Å². The molecule has 1 amide bonds. The summed E-state index contributed by atoms with van der Waals surface area (Å²) in [4.78, 5) is 18.5. The van der Waals surface area contributed by atoms with Crippen molar-refractivity contribution in [2.24, 2.45) is 0 Å². The Labute approximate surface area is 148 Å². The number of carbonyl (C=O) groups excluding carboxylic acids is 1. The Bertz CT molecular complexity index is 722. The molecule has 0 aliphatic carbocycles. The third-order valence-corrected chi connectivity index (χ3v) is 4.84. The van der Waals surface area contributed by atoms with E-state index in [1.807, 2.05) is 32.3 Å². The number of anilines is 2. The Morgan fingerprint density at radius 1 is 1.04 bits per heavy atom. The van der Waals surface area contributed by atoms with E-state index in [0.29, 0.717) is 12.2 Å². The SMILES string of the molecule is CN(CCN(C)C1CCN(c2ccccc2F)C1=O)c1ccccc1. The Hall–Kier alpha value is -2.40. The fraction of sp³-hybridized carbons (Fsp3) is 0.350. The van der Waals surface area contributed by atoms with E-state index < -0.39 is 0 Å². The highest BCUT2D eigenvalue weighted by atomic mass is 19.1. The van der Waals surface area contributed by atoms with Crippen LogP contribution in [0.1, 0.15) is 6.42 Å². The molecule has 1 unspecified atom stereocenters. The van der Waals surface area contributed by atoms with Crippen LogP contribution in [0.2, 0.25) is 0 Å². The summed E-state index contributed by atoms with van der Waals surface area (Å²) in [5.74, 6) is -0.363. The van der Waals surface area contributed by atoms with E-state index >= 15 is 0 Å². The number of carbonyl (C=O) groups is 1. The molecular weight excluding hydrogens is 317 g/mol. The summed E-state index contributed by atoms with van der Waals surface area (Å²) in [5.41, 5.74) is 1.53. The van der Waals surface area contributed by atoms with Gasteiger partial charge in [-0.15, -0.1) is 0 Å². The minimum Gasteiger partial charge on any atom is -0.373 e. The van der Waals surface area contributed by atoms with Crippen molar-refractivity contribution in [2.45, 2.75) is 12.5 Å². The molecule has 1 aliphatic heterocycles. The molecule has 132 valence electrons. The molecule has 0 N–H and O–H groups in total. The van der Waals surface area contributed by atoms with Crippen LogP contribution in [0.15, 0.2) is 54.6 Å². The molecule has 1 saturated heterocycles. The van der Waals surface area contributed by atoms with Gasteiger partial charge in [-0.1, -0.05) is 30.3 Å². The molecule has 1 heterocycles. The first kappa shape index (κ1) is 17.4. The van der Waals surface area contributed by atoms with Crippen LogP contribution >= 0.6 is 0 Å². The van der Waals surface area contributed by atoms with Crippen LogP contribution in [-0.4, -0.2) is 50.6 Å². The average molecular weight is 341 g/mol. The predicted octanol–water partition coefficient (Wildman–Crippen LogP) is 3.00. The van der Waals surface area contributed by atoms with Gasteiger partial charge in [0.25, 0.3) is 0 Å². The maximum atomic E-state index is 14.0. The number of amides is 1. The van der Waals surface area contributed by atoms with Crippen molar-refractivity contribution < 1.29 is 9.18 Å². The van der Waals surface area contributed by atoms with Crippen LogP contribution in [0.3, 0.4) is 0 Å². The number of halogens is 1. The first-order chi connectivity index (χ1) is 12.1. The van der Waals surface area contributed by atoms with Crippen molar-refractivity contribution in [3.63, 3.8) is 0 Å². The molecule has 0 bridgehead atoms. The molecule has 0 aromatic heterocycles. The fourth-order valence-electron chi connectivity index (χ4n) is 3.26. The lowest BCUT2D eigenvalue weighted by atomic mass is 10.2. The van der Waals surface area contributed by atoms with Gasteiger partial charge in [0, 0.05) is 32.4 Å². The average Bonchev–Trinajstić information content (AvgIpc) is 3.02. The second-order valence-corrected chi connectivity index (χ2v) is 6.48. The first-order valence-corrected chi connectivity index (χ1v) is 8.60. The highest BCUT2D eigenvalue weighted by molar-refractivity contribution is 5.99. The summed E-state index contributed by atoms with van der Waals surface area (Å²) in [6.07, 6.45) is 0.721. The minimum absolute atomic E-state index is 0.0186. The number of hydrogen-bond donors (Lipinski definition) is 0. The monoisotopic (exact) mass is 341 g/mol. The summed E-state index contributed by atoms with van der Waals surface area (Å²) in [5, 5.41) is 0. The molecule has 2 aromatic rings. The number of rotatable bonds is 6. The predicted molar refractivity (Wildman–Crippen MR) is 99.5 cm³/mol. The lowest BCUT2D eigenvalue weighted by Gasteiger charge is -2.27. The molecule has 0 radical (unpaired) electrons. The molecule has 25 heavy (non-hydrogen) atoms. The zero-order chi connectivity index (χ0) is 17.8. The molecule has 2 aromatic carbocycles. The van der Waals surface area contributed by atoms with Gasteiger partial charge in [-0.3, -0.25) is 9.69 Å². The third kappa shape index (κ3) is 3.82. The van der Waals surface area contributed by atoms with Crippen molar-refractivity contribution in [2.75, 3.05) is 43.5 Å². The lowest BCUT2D eigenvalue weighted by molar-refractivity contribution is -0.121.